The number of aliphatic imine (C=N–C) groups is 1. The largest absolute Gasteiger partial charge is 0.416 e. The SMILES string of the molecule is CN=C(NCCc1cccc(C(=O)NC)c1)NC(C)c1cccc(C(F)(F)F)c1. The molecule has 0 aliphatic rings. The van der Waals surface area contributed by atoms with E-state index in [9.17, 15) is 18.0 Å². The average Bonchev–Trinajstić information content (AvgIpc) is 2.72. The lowest BCUT2D eigenvalue weighted by Gasteiger charge is -2.19. The molecule has 0 aliphatic heterocycles. The van der Waals surface area contributed by atoms with Crippen LogP contribution in [0.2, 0.25) is 0 Å². The number of alkyl halides is 3. The van der Waals surface area contributed by atoms with Crippen LogP contribution < -0.4 is 16.0 Å². The molecule has 0 fully saturated rings. The number of guanidine groups is 1. The molecule has 3 N–H and O–H groups in total. The van der Waals surface area contributed by atoms with Crippen LogP contribution >= 0.6 is 0 Å². The molecule has 0 heterocycles. The minimum atomic E-state index is -4.38. The van der Waals surface area contributed by atoms with Crippen molar-refractivity contribution in [2.45, 2.75) is 25.6 Å². The zero-order valence-corrected chi connectivity index (χ0v) is 16.6. The van der Waals surface area contributed by atoms with Crippen LogP contribution in [0.15, 0.2) is 53.5 Å². The molecule has 0 radical (unpaired) electrons. The van der Waals surface area contributed by atoms with Gasteiger partial charge in [-0.3, -0.25) is 9.79 Å². The summed E-state index contributed by atoms with van der Waals surface area (Å²) in [7, 11) is 3.18. The molecule has 29 heavy (non-hydrogen) atoms. The molecule has 2 aromatic rings. The van der Waals surface area contributed by atoms with Crippen LogP contribution in [-0.4, -0.2) is 32.5 Å². The summed E-state index contributed by atoms with van der Waals surface area (Å²) < 4.78 is 38.7. The van der Waals surface area contributed by atoms with E-state index in [0.717, 1.165) is 17.7 Å². The molecule has 0 saturated carbocycles. The van der Waals surface area contributed by atoms with E-state index in [2.05, 4.69) is 20.9 Å². The Kier molecular flexibility index (Phi) is 7.64. The summed E-state index contributed by atoms with van der Waals surface area (Å²) in [5.74, 6) is 0.338. The minimum absolute atomic E-state index is 0.146. The van der Waals surface area contributed by atoms with Crippen molar-refractivity contribution in [3.63, 3.8) is 0 Å². The lowest BCUT2D eigenvalue weighted by molar-refractivity contribution is -0.137. The number of amides is 1. The molecule has 1 amide bonds. The van der Waals surface area contributed by atoms with Crippen molar-refractivity contribution >= 4 is 11.9 Å². The molecule has 1 atom stereocenters. The standard InChI is InChI=1S/C21H25F3N4O/c1-14(16-7-5-9-18(13-16)21(22,23)24)28-20(26-3)27-11-10-15-6-4-8-17(12-15)19(29)25-2/h4-9,12-14H,10-11H2,1-3H3,(H,25,29)(H2,26,27,28). The molecule has 0 saturated heterocycles. The number of nitrogens with one attached hydrogen (secondary N) is 3. The third-order valence-corrected chi connectivity index (χ3v) is 4.41. The Morgan fingerprint density at radius 2 is 1.86 bits per heavy atom. The Morgan fingerprint density at radius 3 is 2.52 bits per heavy atom. The molecule has 1 unspecified atom stereocenters. The van der Waals surface area contributed by atoms with Crippen LogP contribution in [0, 0.1) is 0 Å². The zero-order chi connectivity index (χ0) is 21.4. The van der Waals surface area contributed by atoms with Crippen molar-refractivity contribution in [3.8, 4) is 0 Å². The average molecular weight is 406 g/mol. The van der Waals surface area contributed by atoms with Gasteiger partial charge in [0, 0.05) is 26.2 Å². The van der Waals surface area contributed by atoms with Crippen LogP contribution in [-0.2, 0) is 12.6 Å². The van der Waals surface area contributed by atoms with Crippen molar-refractivity contribution in [1.29, 1.82) is 0 Å². The molecule has 2 rings (SSSR count). The van der Waals surface area contributed by atoms with Crippen molar-refractivity contribution in [1.82, 2.24) is 16.0 Å². The third kappa shape index (κ3) is 6.51. The fourth-order valence-corrected chi connectivity index (χ4v) is 2.81. The number of carbonyl (C=O) groups is 1. The fraction of sp³-hybridized carbons (Fsp3) is 0.333. The minimum Gasteiger partial charge on any atom is -0.356 e. The van der Waals surface area contributed by atoms with E-state index in [4.69, 9.17) is 0 Å². The van der Waals surface area contributed by atoms with Crippen LogP contribution in [0.1, 0.15) is 40.0 Å². The van der Waals surface area contributed by atoms with Gasteiger partial charge in [-0.15, -0.1) is 0 Å². The fourth-order valence-electron chi connectivity index (χ4n) is 2.81. The molecule has 0 aliphatic carbocycles. The van der Waals surface area contributed by atoms with Gasteiger partial charge in [-0.1, -0.05) is 24.3 Å². The van der Waals surface area contributed by atoms with Gasteiger partial charge in [0.25, 0.3) is 5.91 Å². The van der Waals surface area contributed by atoms with E-state index < -0.39 is 11.7 Å². The Balaban J connectivity index is 1.94. The molecule has 0 spiro atoms. The highest BCUT2D eigenvalue weighted by atomic mass is 19.4. The van der Waals surface area contributed by atoms with Crippen LogP contribution in [0.3, 0.4) is 0 Å². The second-order valence-electron chi connectivity index (χ2n) is 6.52. The third-order valence-electron chi connectivity index (χ3n) is 4.41. The summed E-state index contributed by atoms with van der Waals surface area (Å²) >= 11 is 0. The van der Waals surface area contributed by atoms with Crippen LogP contribution in [0.5, 0.6) is 0 Å². The predicted octanol–water partition coefficient (Wildman–Crippen LogP) is 3.53. The van der Waals surface area contributed by atoms with Gasteiger partial charge < -0.3 is 16.0 Å². The lowest BCUT2D eigenvalue weighted by Crippen LogP contribution is -2.39. The lowest BCUT2D eigenvalue weighted by atomic mass is 10.1. The number of hydrogen-bond acceptors (Lipinski definition) is 2. The first-order valence-electron chi connectivity index (χ1n) is 9.20. The van der Waals surface area contributed by atoms with Gasteiger partial charge in [0.05, 0.1) is 11.6 Å². The van der Waals surface area contributed by atoms with E-state index in [-0.39, 0.29) is 11.9 Å². The molecule has 156 valence electrons. The molecular weight excluding hydrogens is 381 g/mol. The maximum atomic E-state index is 12.9. The van der Waals surface area contributed by atoms with Gasteiger partial charge in [-0.25, -0.2) is 0 Å². The summed E-state index contributed by atoms with van der Waals surface area (Å²) in [5, 5.41) is 8.82. The van der Waals surface area contributed by atoms with Crippen molar-refractivity contribution in [2.75, 3.05) is 20.6 Å². The van der Waals surface area contributed by atoms with E-state index in [1.807, 2.05) is 18.2 Å². The molecule has 0 aromatic heterocycles. The number of benzene rings is 2. The van der Waals surface area contributed by atoms with Gasteiger partial charge in [0.2, 0.25) is 0 Å². The first kappa shape index (κ1) is 22.3. The summed E-state index contributed by atoms with van der Waals surface area (Å²) in [5.41, 5.74) is 1.41. The van der Waals surface area contributed by atoms with E-state index in [1.54, 1.807) is 33.2 Å². The maximum Gasteiger partial charge on any atom is 0.416 e. The van der Waals surface area contributed by atoms with Gasteiger partial charge in [0.1, 0.15) is 0 Å². The molecular formula is C21H25F3N4O. The van der Waals surface area contributed by atoms with Crippen molar-refractivity contribution in [2.24, 2.45) is 4.99 Å². The Morgan fingerprint density at radius 1 is 1.14 bits per heavy atom. The van der Waals surface area contributed by atoms with Crippen molar-refractivity contribution < 1.29 is 18.0 Å². The normalized spacial score (nSPS) is 13.0. The molecule has 8 heteroatoms. The number of rotatable bonds is 6. The first-order valence-corrected chi connectivity index (χ1v) is 9.20. The smallest absolute Gasteiger partial charge is 0.356 e. The Labute approximate surface area is 168 Å². The summed E-state index contributed by atoms with van der Waals surface area (Å²) in [6.45, 7) is 2.32. The van der Waals surface area contributed by atoms with Crippen molar-refractivity contribution in [3.05, 3.63) is 70.8 Å². The Hall–Kier alpha value is -3.03. The zero-order valence-electron chi connectivity index (χ0n) is 16.6. The molecule has 5 nitrogen and oxygen atoms in total. The van der Waals surface area contributed by atoms with Gasteiger partial charge in [-0.05, 0) is 48.7 Å². The van der Waals surface area contributed by atoms with E-state index in [0.29, 0.717) is 30.1 Å². The van der Waals surface area contributed by atoms with Crippen LogP contribution in [0.4, 0.5) is 13.2 Å². The second-order valence-corrected chi connectivity index (χ2v) is 6.52. The van der Waals surface area contributed by atoms with E-state index >= 15 is 0 Å². The second kappa shape index (κ2) is 9.95. The van der Waals surface area contributed by atoms with Crippen LogP contribution in [0.25, 0.3) is 0 Å². The molecule has 0 bridgehead atoms. The summed E-state index contributed by atoms with van der Waals surface area (Å²) in [6.07, 6.45) is -3.72. The van der Waals surface area contributed by atoms with Gasteiger partial charge in [-0.2, -0.15) is 13.2 Å². The summed E-state index contributed by atoms with van der Waals surface area (Å²) in [6, 6.07) is 12.2. The maximum absolute atomic E-state index is 12.9. The van der Waals surface area contributed by atoms with E-state index in [1.165, 1.54) is 6.07 Å². The van der Waals surface area contributed by atoms with Gasteiger partial charge >= 0.3 is 6.18 Å². The summed E-state index contributed by atoms with van der Waals surface area (Å²) in [4.78, 5) is 15.8. The number of carbonyl (C=O) groups excluding carboxylic acids is 1. The number of halogens is 3. The monoisotopic (exact) mass is 406 g/mol. The topological polar surface area (TPSA) is 65.5 Å². The van der Waals surface area contributed by atoms with Gasteiger partial charge in [0.15, 0.2) is 5.96 Å². The highest BCUT2D eigenvalue weighted by molar-refractivity contribution is 5.94. The highest BCUT2D eigenvalue weighted by Gasteiger charge is 2.30. The predicted molar refractivity (Wildman–Crippen MR) is 108 cm³/mol. The first-order chi connectivity index (χ1) is 13.7. The number of nitrogens with zero attached hydrogens (tertiary/aromatic N) is 1. The number of hydrogen-bond donors (Lipinski definition) is 3. The Bertz CT molecular complexity index is 865. The quantitative estimate of drug-likeness (QED) is 0.508. The highest BCUT2D eigenvalue weighted by Crippen LogP contribution is 2.30. The molecule has 2 aromatic carbocycles.